The molecule has 2 aromatic rings. The summed E-state index contributed by atoms with van der Waals surface area (Å²) in [4.78, 5) is 12.0. The monoisotopic (exact) mass is 496 g/mol. The average molecular weight is 497 g/mol. The largest absolute Gasteiger partial charge is 0.404 e. The van der Waals surface area contributed by atoms with Crippen molar-refractivity contribution in [1.82, 2.24) is 9.29 Å². The van der Waals surface area contributed by atoms with Crippen molar-refractivity contribution in [3.63, 3.8) is 0 Å². The van der Waals surface area contributed by atoms with E-state index in [0.717, 1.165) is 22.9 Å². The predicted molar refractivity (Wildman–Crippen MR) is 98.0 cm³/mol. The third kappa shape index (κ3) is 4.95. The molecule has 1 unspecified atom stereocenters. The minimum atomic E-state index is -4.80. The van der Waals surface area contributed by atoms with E-state index >= 15 is 0 Å². The lowest BCUT2D eigenvalue weighted by Crippen LogP contribution is -2.42. The zero-order chi connectivity index (χ0) is 22.1. The van der Waals surface area contributed by atoms with E-state index in [-0.39, 0.29) is 21.4 Å². The number of aromatic nitrogens is 1. The maximum Gasteiger partial charge on any atom is 0.404 e. The van der Waals surface area contributed by atoms with Crippen LogP contribution in [0.4, 0.5) is 23.2 Å². The highest BCUT2D eigenvalue weighted by molar-refractivity contribution is 9.10. The smallest absolute Gasteiger partial charge is 0.344 e. The van der Waals surface area contributed by atoms with E-state index in [9.17, 15) is 30.8 Å². The van der Waals surface area contributed by atoms with Gasteiger partial charge in [-0.15, -0.1) is 0 Å². The zero-order valence-corrected chi connectivity index (χ0v) is 17.2. The molecule has 0 aliphatic rings. The fraction of sp³-hybridized carbons (Fsp3) is 0.250. The Bertz CT molecular complexity index is 1110. The highest BCUT2D eigenvalue weighted by atomic mass is 79.9. The van der Waals surface area contributed by atoms with Gasteiger partial charge in [-0.2, -0.15) is 23.2 Å². The first kappa shape index (κ1) is 22.9. The Morgan fingerprint density at radius 1 is 1.34 bits per heavy atom. The molecule has 0 aliphatic carbocycles. The molecule has 1 heterocycles. The van der Waals surface area contributed by atoms with Gasteiger partial charge < -0.3 is 9.88 Å². The molecule has 0 fully saturated rings. The van der Waals surface area contributed by atoms with Gasteiger partial charge in [0.15, 0.2) is 0 Å². The first-order chi connectivity index (χ1) is 13.3. The third-order valence-corrected chi connectivity index (χ3v) is 6.38. The number of carbonyl (C=O) groups is 1. The van der Waals surface area contributed by atoms with Crippen molar-refractivity contribution < 1.29 is 30.8 Å². The number of aryl methyl sites for hydroxylation is 1. The Balaban J connectivity index is 2.36. The molecule has 0 spiro atoms. The molecule has 0 bridgehead atoms. The summed E-state index contributed by atoms with van der Waals surface area (Å²) in [7, 11) is -3.29. The lowest BCUT2D eigenvalue weighted by atomic mass is 10.2. The maximum absolute atomic E-state index is 13.4. The van der Waals surface area contributed by atoms with E-state index in [2.05, 4.69) is 21.2 Å². The summed E-state index contributed by atoms with van der Waals surface area (Å²) in [5, 5.41) is 11.2. The summed E-state index contributed by atoms with van der Waals surface area (Å²) in [6.45, 7) is 0.642. The highest BCUT2D eigenvalue weighted by Crippen LogP contribution is 2.30. The number of rotatable bonds is 5. The number of anilines is 1. The van der Waals surface area contributed by atoms with E-state index in [0.29, 0.717) is 6.92 Å². The highest BCUT2D eigenvalue weighted by Gasteiger charge is 2.40. The van der Waals surface area contributed by atoms with Gasteiger partial charge >= 0.3 is 6.18 Å². The van der Waals surface area contributed by atoms with Crippen LogP contribution in [0.15, 0.2) is 33.8 Å². The van der Waals surface area contributed by atoms with Gasteiger partial charge in [-0.3, -0.25) is 4.79 Å². The number of nitrogens with zero attached hydrogens (tertiary/aromatic N) is 2. The van der Waals surface area contributed by atoms with E-state index in [4.69, 9.17) is 5.26 Å². The van der Waals surface area contributed by atoms with Gasteiger partial charge in [-0.05, 0) is 41.1 Å². The standard InChI is InChI=1S/C16H13BrF4N4O3S/c1-8(16(19,20)21)24-29(27,28)12-7-25(2)14(13(12)17)15(26)23-10-3-4-11(18)9(5-10)6-22/h3-5,7-8,24H,1-2H3,(H,23,26). The molecular formula is C16H13BrF4N4O3S. The number of hydrogen-bond acceptors (Lipinski definition) is 4. The molecular weight excluding hydrogens is 484 g/mol. The molecule has 29 heavy (non-hydrogen) atoms. The molecule has 0 aliphatic heterocycles. The van der Waals surface area contributed by atoms with Crippen LogP contribution >= 0.6 is 15.9 Å². The van der Waals surface area contributed by atoms with E-state index in [1.807, 2.05) is 0 Å². The summed E-state index contributed by atoms with van der Waals surface area (Å²) in [6.07, 6.45) is -3.83. The molecule has 156 valence electrons. The summed E-state index contributed by atoms with van der Waals surface area (Å²) >= 11 is 2.94. The number of benzene rings is 1. The molecule has 7 nitrogen and oxygen atoms in total. The first-order valence-corrected chi connectivity index (χ1v) is 10.0. The summed E-state index contributed by atoms with van der Waals surface area (Å²) < 4.78 is 78.4. The summed E-state index contributed by atoms with van der Waals surface area (Å²) in [5.74, 6) is -1.62. The summed E-state index contributed by atoms with van der Waals surface area (Å²) in [5.41, 5.74) is -0.468. The number of nitriles is 1. The lowest BCUT2D eigenvalue weighted by Gasteiger charge is -2.16. The van der Waals surface area contributed by atoms with Crippen molar-refractivity contribution in [2.45, 2.75) is 24.0 Å². The van der Waals surface area contributed by atoms with Crippen LogP contribution in [0.2, 0.25) is 0 Å². The van der Waals surface area contributed by atoms with Gasteiger partial charge in [0.2, 0.25) is 10.0 Å². The topological polar surface area (TPSA) is 104 Å². The minimum absolute atomic E-state index is 0.0641. The normalized spacial score (nSPS) is 13.0. The number of carbonyl (C=O) groups excluding carboxylic acids is 1. The van der Waals surface area contributed by atoms with Crippen molar-refractivity contribution in [2.75, 3.05) is 5.32 Å². The van der Waals surface area contributed by atoms with Crippen LogP contribution in [0.5, 0.6) is 0 Å². The Morgan fingerprint density at radius 3 is 2.52 bits per heavy atom. The fourth-order valence-electron chi connectivity index (χ4n) is 2.26. The molecule has 1 aromatic carbocycles. The van der Waals surface area contributed by atoms with Crippen LogP contribution in [0.1, 0.15) is 23.0 Å². The van der Waals surface area contributed by atoms with Gasteiger partial charge in [0.25, 0.3) is 5.91 Å². The Labute approximate surface area is 171 Å². The van der Waals surface area contributed by atoms with Gasteiger partial charge in [0, 0.05) is 18.9 Å². The molecule has 2 N–H and O–H groups in total. The van der Waals surface area contributed by atoms with E-state index in [1.54, 1.807) is 6.07 Å². The van der Waals surface area contributed by atoms with Gasteiger partial charge in [0.05, 0.1) is 10.0 Å². The van der Waals surface area contributed by atoms with Crippen molar-refractivity contribution in [3.05, 3.63) is 45.9 Å². The van der Waals surface area contributed by atoms with Crippen LogP contribution in [-0.2, 0) is 17.1 Å². The number of amides is 1. The van der Waals surface area contributed by atoms with Crippen LogP contribution in [0.25, 0.3) is 0 Å². The van der Waals surface area contributed by atoms with E-state index in [1.165, 1.54) is 17.8 Å². The van der Waals surface area contributed by atoms with Crippen LogP contribution < -0.4 is 10.0 Å². The SMILES string of the molecule is CC(NS(=O)(=O)c1cn(C)c(C(=O)Nc2ccc(F)c(C#N)c2)c1Br)C(F)(F)F. The second-order valence-corrected chi connectivity index (χ2v) is 8.39. The molecule has 0 saturated heterocycles. The van der Waals surface area contributed by atoms with Crippen LogP contribution in [-0.4, -0.2) is 31.1 Å². The molecule has 0 radical (unpaired) electrons. The lowest BCUT2D eigenvalue weighted by molar-refractivity contribution is -0.147. The van der Waals surface area contributed by atoms with Gasteiger partial charge in [0.1, 0.15) is 28.5 Å². The molecule has 2 rings (SSSR count). The zero-order valence-electron chi connectivity index (χ0n) is 14.8. The molecule has 1 atom stereocenters. The predicted octanol–water partition coefficient (Wildman–Crippen LogP) is 3.28. The second-order valence-electron chi connectivity index (χ2n) is 5.91. The van der Waals surface area contributed by atoms with E-state index < -0.39 is 38.9 Å². The minimum Gasteiger partial charge on any atom is -0.344 e. The maximum atomic E-state index is 13.4. The molecule has 0 saturated carbocycles. The quantitative estimate of drug-likeness (QED) is 0.619. The van der Waals surface area contributed by atoms with Crippen molar-refractivity contribution in [1.29, 1.82) is 5.26 Å². The molecule has 13 heteroatoms. The Hall–Kier alpha value is -2.43. The van der Waals surface area contributed by atoms with Crippen LogP contribution in [0, 0.1) is 17.1 Å². The fourth-order valence-corrected chi connectivity index (χ4v) is 4.81. The summed E-state index contributed by atoms with van der Waals surface area (Å²) in [6, 6.07) is 2.49. The van der Waals surface area contributed by atoms with Crippen molar-refractivity contribution in [2.24, 2.45) is 7.05 Å². The third-order valence-electron chi connectivity index (χ3n) is 3.76. The number of hydrogen-bond donors (Lipinski definition) is 2. The van der Waals surface area contributed by atoms with Crippen molar-refractivity contribution >= 4 is 37.5 Å². The average Bonchev–Trinajstić information content (AvgIpc) is 2.90. The van der Waals surface area contributed by atoms with Crippen molar-refractivity contribution in [3.8, 4) is 6.07 Å². The first-order valence-electron chi connectivity index (χ1n) is 7.72. The van der Waals surface area contributed by atoms with Gasteiger partial charge in [-0.1, -0.05) is 0 Å². The number of alkyl halides is 3. The number of sulfonamides is 1. The number of halogens is 5. The number of nitrogens with one attached hydrogen (secondary N) is 2. The molecule has 1 aromatic heterocycles. The Kier molecular flexibility index (Phi) is 6.41. The van der Waals surface area contributed by atoms with Crippen LogP contribution in [0.3, 0.4) is 0 Å². The second kappa shape index (κ2) is 8.13. The Morgan fingerprint density at radius 2 is 1.97 bits per heavy atom. The molecule has 1 amide bonds. The van der Waals surface area contributed by atoms with Gasteiger partial charge in [-0.25, -0.2) is 12.8 Å².